The van der Waals surface area contributed by atoms with Crippen molar-refractivity contribution in [3.05, 3.63) is 78.4 Å². The van der Waals surface area contributed by atoms with Crippen LogP contribution in [0.15, 0.2) is 72.8 Å². The third kappa shape index (κ3) is 4.72. The monoisotopic (exact) mass is 373 g/mol. The van der Waals surface area contributed by atoms with Crippen molar-refractivity contribution in [2.45, 2.75) is 23.9 Å². The van der Waals surface area contributed by atoms with Gasteiger partial charge in [0, 0.05) is 0 Å². The molecule has 2 atom stereocenters. The number of hydrogen-bond acceptors (Lipinski definition) is 2. The molecule has 2 aromatic rings. The van der Waals surface area contributed by atoms with E-state index in [1.807, 2.05) is 42.5 Å². The molecule has 118 valence electrons. The summed E-state index contributed by atoms with van der Waals surface area (Å²) in [6.07, 6.45) is 4.44. The Morgan fingerprint density at radius 3 is 2.52 bits per heavy atom. The second kappa shape index (κ2) is 8.00. The molecule has 1 amide bonds. The molecule has 1 saturated heterocycles. The second-order valence-corrected chi connectivity index (χ2v) is 7.63. The van der Waals surface area contributed by atoms with E-state index in [1.165, 1.54) is 4.46 Å². The maximum absolute atomic E-state index is 11.7. The summed E-state index contributed by atoms with van der Waals surface area (Å²) >= 11 is 0.424. The average molecular weight is 372 g/mol. The van der Waals surface area contributed by atoms with E-state index in [4.69, 9.17) is 4.74 Å². The third-order valence-electron chi connectivity index (χ3n) is 3.66. The van der Waals surface area contributed by atoms with E-state index in [0.717, 1.165) is 17.3 Å². The number of benzene rings is 2. The van der Waals surface area contributed by atoms with Crippen molar-refractivity contribution >= 4 is 25.5 Å². The zero-order valence-electron chi connectivity index (χ0n) is 12.7. The molecule has 3 rings (SSSR count). The van der Waals surface area contributed by atoms with Gasteiger partial charge in [-0.1, -0.05) is 0 Å². The van der Waals surface area contributed by atoms with Gasteiger partial charge >= 0.3 is 143 Å². The first kappa shape index (κ1) is 15.8. The topological polar surface area (TPSA) is 38.3 Å². The molecule has 1 heterocycles. The van der Waals surface area contributed by atoms with E-state index in [0.29, 0.717) is 15.0 Å². The second-order valence-electron chi connectivity index (χ2n) is 5.34. The van der Waals surface area contributed by atoms with Gasteiger partial charge < -0.3 is 0 Å². The molecular formula is C19H19NO2Se. The van der Waals surface area contributed by atoms with Gasteiger partial charge in [-0.15, -0.1) is 0 Å². The Morgan fingerprint density at radius 1 is 1.09 bits per heavy atom. The normalized spacial score (nSPS) is 21.0. The summed E-state index contributed by atoms with van der Waals surface area (Å²) in [5, 5.41) is 3.90. The van der Waals surface area contributed by atoms with Crippen LogP contribution in [0.5, 0.6) is 0 Å². The first-order chi connectivity index (χ1) is 11.3. The molecule has 1 aliphatic rings. The summed E-state index contributed by atoms with van der Waals surface area (Å²) in [5.41, 5.74) is 1.12. The van der Waals surface area contributed by atoms with Crippen molar-refractivity contribution in [2.24, 2.45) is 0 Å². The van der Waals surface area contributed by atoms with Gasteiger partial charge in [-0.05, 0) is 0 Å². The summed E-state index contributed by atoms with van der Waals surface area (Å²) in [4.78, 5) is 11.7. The zero-order valence-corrected chi connectivity index (χ0v) is 14.4. The van der Waals surface area contributed by atoms with Crippen LogP contribution in [-0.4, -0.2) is 27.2 Å². The SMILES string of the molecule is O=C1N[C@H](c2ccccc2)C[C@H](/C=C/C[Se]c2ccccc2)O1. The summed E-state index contributed by atoms with van der Waals surface area (Å²) < 4.78 is 6.74. The van der Waals surface area contributed by atoms with Crippen LogP contribution in [0.4, 0.5) is 4.79 Å². The molecule has 0 aromatic heterocycles. The first-order valence-electron chi connectivity index (χ1n) is 7.68. The van der Waals surface area contributed by atoms with Gasteiger partial charge in [0.1, 0.15) is 0 Å². The van der Waals surface area contributed by atoms with Crippen LogP contribution < -0.4 is 9.78 Å². The van der Waals surface area contributed by atoms with E-state index in [9.17, 15) is 4.79 Å². The van der Waals surface area contributed by atoms with E-state index in [2.05, 4.69) is 35.7 Å². The molecule has 2 aromatic carbocycles. The van der Waals surface area contributed by atoms with E-state index in [1.54, 1.807) is 0 Å². The molecular weight excluding hydrogens is 353 g/mol. The molecule has 23 heavy (non-hydrogen) atoms. The number of allylic oxidation sites excluding steroid dienone is 1. The van der Waals surface area contributed by atoms with Crippen LogP contribution >= 0.6 is 0 Å². The molecule has 0 bridgehead atoms. The molecule has 0 aliphatic carbocycles. The van der Waals surface area contributed by atoms with Crippen molar-refractivity contribution in [3.8, 4) is 0 Å². The summed E-state index contributed by atoms with van der Waals surface area (Å²) in [5.74, 6) is 0. The molecule has 3 nitrogen and oxygen atoms in total. The van der Waals surface area contributed by atoms with Gasteiger partial charge in [-0.3, -0.25) is 0 Å². The van der Waals surface area contributed by atoms with Crippen LogP contribution in [0.1, 0.15) is 18.0 Å². The average Bonchev–Trinajstić information content (AvgIpc) is 2.60. The van der Waals surface area contributed by atoms with Crippen molar-refractivity contribution < 1.29 is 9.53 Å². The van der Waals surface area contributed by atoms with Crippen molar-refractivity contribution in [3.63, 3.8) is 0 Å². The Labute approximate surface area is 142 Å². The molecule has 0 unspecified atom stereocenters. The molecule has 4 heteroatoms. The number of hydrogen-bond donors (Lipinski definition) is 1. The summed E-state index contributed by atoms with van der Waals surface area (Å²) in [6.45, 7) is 0. The fourth-order valence-corrected chi connectivity index (χ4v) is 4.12. The molecule has 1 fully saturated rings. The molecule has 0 saturated carbocycles. The predicted molar refractivity (Wildman–Crippen MR) is 93.0 cm³/mol. The zero-order chi connectivity index (χ0) is 15.9. The Hall–Kier alpha value is -2.03. The number of cyclic esters (lactones) is 1. The van der Waals surface area contributed by atoms with E-state index >= 15 is 0 Å². The first-order valence-corrected chi connectivity index (χ1v) is 9.74. The number of ether oxygens (including phenoxy) is 1. The number of nitrogens with one attached hydrogen (secondary N) is 1. The van der Waals surface area contributed by atoms with Crippen molar-refractivity contribution in [2.75, 3.05) is 0 Å². The van der Waals surface area contributed by atoms with Crippen LogP contribution in [-0.2, 0) is 4.74 Å². The molecule has 0 radical (unpaired) electrons. The van der Waals surface area contributed by atoms with Gasteiger partial charge in [-0.2, -0.15) is 0 Å². The van der Waals surface area contributed by atoms with Gasteiger partial charge in [0.05, 0.1) is 0 Å². The fourth-order valence-electron chi connectivity index (χ4n) is 2.54. The Balaban J connectivity index is 1.55. The Morgan fingerprint density at radius 2 is 1.78 bits per heavy atom. The van der Waals surface area contributed by atoms with Crippen molar-refractivity contribution in [1.29, 1.82) is 0 Å². The minimum absolute atomic E-state index is 0.0201. The molecule has 0 spiro atoms. The third-order valence-corrected chi connectivity index (χ3v) is 5.68. The quantitative estimate of drug-likeness (QED) is 0.647. The minimum atomic E-state index is -0.340. The number of carbonyl (C=O) groups is 1. The summed E-state index contributed by atoms with van der Waals surface area (Å²) in [6, 6.07) is 20.5. The van der Waals surface area contributed by atoms with Crippen LogP contribution in [0, 0.1) is 0 Å². The molecule has 1 N–H and O–H groups in total. The van der Waals surface area contributed by atoms with Crippen molar-refractivity contribution in [1.82, 2.24) is 5.32 Å². The summed E-state index contributed by atoms with van der Waals surface area (Å²) in [7, 11) is 0. The van der Waals surface area contributed by atoms with Crippen LogP contribution in [0.2, 0.25) is 5.32 Å². The van der Waals surface area contributed by atoms with Crippen LogP contribution in [0.3, 0.4) is 0 Å². The van der Waals surface area contributed by atoms with Gasteiger partial charge in [0.25, 0.3) is 0 Å². The van der Waals surface area contributed by atoms with Crippen LogP contribution in [0.25, 0.3) is 0 Å². The molecule has 1 aliphatic heterocycles. The van der Waals surface area contributed by atoms with E-state index < -0.39 is 0 Å². The number of rotatable bonds is 5. The number of alkyl carbamates (subject to hydrolysis) is 1. The van der Waals surface area contributed by atoms with Gasteiger partial charge in [-0.25, -0.2) is 0 Å². The van der Waals surface area contributed by atoms with E-state index in [-0.39, 0.29) is 18.2 Å². The standard InChI is InChI=1S/C19H19NO2Se/c21-19-20-18(15-8-3-1-4-9-15)14-16(22-19)10-7-13-23-17-11-5-2-6-12-17/h1-12,16,18H,13-14H2,(H,20,21)/b10-7+/t16-,18-/m0/s1. The van der Waals surface area contributed by atoms with Gasteiger partial charge in [0.2, 0.25) is 0 Å². The Bertz CT molecular complexity index is 658. The number of carbonyl (C=O) groups excluding carboxylic acids is 1. The maximum atomic E-state index is 11.7. The number of amides is 1. The fraction of sp³-hybridized carbons (Fsp3) is 0.211. The predicted octanol–water partition coefficient (Wildman–Crippen LogP) is 3.23. The Kier molecular flexibility index (Phi) is 5.51. The van der Waals surface area contributed by atoms with Gasteiger partial charge in [0.15, 0.2) is 0 Å².